The Balaban J connectivity index is 1.84. The molecule has 2 aromatic rings. The number of rotatable bonds is 7. The Labute approximate surface area is 171 Å². The molecule has 3 rings (SSSR count). The lowest BCUT2D eigenvalue weighted by atomic mass is 10.1. The van der Waals surface area contributed by atoms with E-state index in [9.17, 15) is 13.2 Å². The molecule has 0 aromatic heterocycles. The SMILES string of the molecule is CCNS(=O)(=O)c1ccc(C)c(C(=O)Nc2ccccc2SC2CCCC2)c1. The molecule has 0 bridgehead atoms. The fourth-order valence-corrected chi connectivity index (χ4v) is 5.73. The number of benzene rings is 2. The van der Waals surface area contributed by atoms with E-state index in [2.05, 4.69) is 10.0 Å². The molecule has 0 spiro atoms. The fourth-order valence-electron chi connectivity index (χ4n) is 3.33. The van der Waals surface area contributed by atoms with Crippen molar-refractivity contribution in [3.05, 3.63) is 53.6 Å². The number of carbonyl (C=O) groups is 1. The Bertz CT molecular complexity index is 952. The van der Waals surface area contributed by atoms with Gasteiger partial charge in [-0.05, 0) is 49.6 Å². The Hall–Kier alpha value is -1.83. The Kier molecular flexibility index (Phi) is 6.80. The van der Waals surface area contributed by atoms with Gasteiger partial charge in [0.1, 0.15) is 0 Å². The van der Waals surface area contributed by atoms with Crippen LogP contribution in [0.2, 0.25) is 0 Å². The number of thioether (sulfide) groups is 1. The minimum atomic E-state index is -3.61. The van der Waals surface area contributed by atoms with Gasteiger partial charge in [-0.2, -0.15) is 0 Å². The molecule has 0 saturated heterocycles. The number of hydrogen-bond acceptors (Lipinski definition) is 4. The summed E-state index contributed by atoms with van der Waals surface area (Å²) in [5.74, 6) is -0.300. The summed E-state index contributed by atoms with van der Waals surface area (Å²) in [6.07, 6.45) is 4.93. The minimum absolute atomic E-state index is 0.0960. The maximum atomic E-state index is 12.9. The lowest BCUT2D eigenvalue weighted by Gasteiger charge is -2.15. The molecule has 2 aromatic carbocycles. The van der Waals surface area contributed by atoms with Crippen molar-refractivity contribution in [2.75, 3.05) is 11.9 Å². The van der Waals surface area contributed by atoms with Gasteiger partial charge in [0.25, 0.3) is 5.91 Å². The molecule has 1 fully saturated rings. The number of amides is 1. The van der Waals surface area contributed by atoms with Crippen LogP contribution in [-0.2, 0) is 10.0 Å². The molecule has 28 heavy (non-hydrogen) atoms. The average Bonchev–Trinajstić information content (AvgIpc) is 3.16. The Morgan fingerprint density at radius 1 is 1.14 bits per heavy atom. The largest absolute Gasteiger partial charge is 0.321 e. The first-order chi connectivity index (χ1) is 13.4. The van der Waals surface area contributed by atoms with Gasteiger partial charge in [0.05, 0.1) is 10.6 Å². The van der Waals surface area contributed by atoms with Crippen LogP contribution in [0.3, 0.4) is 0 Å². The first-order valence-corrected chi connectivity index (χ1v) is 11.9. The zero-order chi connectivity index (χ0) is 20.1. The third-order valence-corrected chi connectivity index (χ3v) is 7.79. The summed E-state index contributed by atoms with van der Waals surface area (Å²) in [6.45, 7) is 3.82. The topological polar surface area (TPSA) is 75.3 Å². The predicted octanol–water partition coefficient (Wildman–Crippen LogP) is 4.58. The van der Waals surface area contributed by atoms with E-state index in [1.54, 1.807) is 19.9 Å². The Morgan fingerprint density at radius 3 is 2.57 bits per heavy atom. The van der Waals surface area contributed by atoms with Crippen LogP contribution in [-0.4, -0.2) is 26.1 Å². The van der Waals surface area contributed by atoms with Crippen molar-refractivity contribution in [2.45, 2.75) is 54.6 Å². The zero-order valence-corrected chi connectivity index (χ0v) is 17.8. The number of anilines is 1. The van der Waals surface area contributed by atoms with Crippen molar-refractivity contribution in [1.82, 2.24) is 4.72 Å². The van der Waals surface area contributed by atoms with Crippen molar-refractivity contribution in [3.8, 4) is 0 Å². The summed E-state index contributed by atoms with van der Waals surface area (Å²) >= 11 is 1.81. The van der Waals surface area contributed by atoms with E-state index >= 15 is 0 Å². The summed E-state index contributed by atoms with van der Waals surface area (Å²) in [4.78, 5) is 14.1. The van der Waals surface area contributed by atoms with E-state index < -0.39 is 10.0 Å². The predicted molar refractivity (Wildman–Crippen MR) is 115 cm³/mol. The van der Waals surface area contributed by atoms with Crippen molar-refractivity contribution in [2.24, 2.45) is 0 Å². The van der Waals surface area contributed by atoms with Gasteiger partial charge in [-0.3, -0.25) is 4.79 Å². The highest BCUT2D eigenvalue weighted by Crippen LogP contribution is 2.38. The molecule has 2 N–H and O–H groups in total. The monoisotopic (exact) mass is 418 g/mol. The zero-order valence-electron chi connectivity index (χ0n) is 16.2. The van der Waals surface area contributed by atoms with Crippen LogP contribution < -0.4 is 10.0 Å². The van der Waals surface area contributed by atoms with E-state index in [0.717, 1.165) is 16.1 Å². The van der Waals surface area contributed by atoms with Gasteiger partial charge in [-0.25, -0.2) is 13.1 Å². The first-order valence-electron chi connectivity index (χ1n) is 9.58. The number of carbonyl (C=O) groups excluding carboxylic acids is 1. The van der Waals surface area contributed by atoms with Crippen LogP contribution in [0.25, 0.3) is 0 Å². The molecule has 1 aliphatic rings. The molecular weight excluding hydrogens is 392 g/mol. The highest BCUT2D eigenvalue weighted by molar-refractivity contribution is 8.00. The molecule has 0 heterocycles. The summed E-state index contributed by atoms with van der Waals surface area (Å²) in [5, 5.41) is 3.57. The molecule has 0 unspecified atom stereocenters. The number of para-hydroxylation sites is 1. The smallest absolute Gasteiger partial charge is 0.256 e. The van der Waals surface area contributed by atoms with Gasteiger partial charge in [-0.1, -0.05) is 38.0 Å². The summed E-state index contributed by atoms with van der Waals surface area (Å²) in [7, 11) is -3.61. The van der Waals surface area contributed by atoms with E-state index in [1.807, 2.05) is 36.0 Å². The highest BCUT2D eigenvalue weighted by Gasteiger charge is 2.20. The van der Waals surface area contributed by atoms with Crippen LogP contribution in [0.1, 0.15) is 48.5 Å². The lowest BCUT2D eigenvalue weighted by molar-refractivity contribution is 0.102. The molecular formula is C21H26N2O3S2. The second kappa shape index (κ2) is 9.11. The van der Waals surface area contributed by atoms with Gasteiger partial charge in [-0.15, -0.1) is 11.8 Å². The van der Waals surface area contributed by atoms with Crippen molar-refractivity contribution in [1.29, 1.82) is 0 Å². The van der Waals surface area contributed by atoms with Crippen LogP contribution in [0, 0.1) is 6.92 Å². The minimum Gasteiger partial charge on any atom is -0.321 e. The van der Waals surface area contributed by atoms with Gasteiger partial charge < -0.3 is 5.32 Å². The van der Waals surface area contributed by atoms with Crippen LogP contribution >= 0.6 is 11.8 Å². The molecule has 0 aliphatic heterocycles. The molecule has 5 nitrogen and oxygen atoms in total. The Morgan fingerprint density at radius 2 is 1.86 bits per heavy atom. The molecule has 1 aliphatic carbocycles. The number of aryl methyl sites for hydroxylation is 1. The number of sulfonamides is 1. The van der Waals surface area contributed by atoms with Crippen molar-refractivity contribution >= 4 is 33.4 Å². The highest BCUT2D eigenvalue weighted by atomic mass is 32.2. The molecule has 0 atom stereocenters. The molecule has 1 saturated carbocycles. The second-order valence-electron chi connectivity index (χ2n) is 6.95. The number of hydrogen-bond donors (Lipinski definition) is 2. The van der Waals surface area contributed by atoms with Crippen molar-refractivity contribution < 1.29 is 13.2 Å². The molecule has 150 valence electrons. The lowest BCUT2D eigenvalue weighted by Crippen LogP contribution is -2.24. The second-order valence-corrected chi connectivity index (χ2v) is 10.1. The maximum absolute atomic E-state index is 12.9. The first kappa shape index (κ1) is 20.9. The molecule has 0 radical (unpaired) electrons. The van der Waals surface area contributed by atoms with Gasteiger partial charge in [0.2, 0.25) is 10.0 Å². The van der Waals surface area contributed by atoms with Crippen LogP contribution in [0.5, 0.6) is 0 Å². The summed E-state index contributed by atoms with van der Waals surface area (Å²) in [5.41, 5.74) is 1.86. The van der Waals surface area contributed by atoms with Crippen LogP contribution in [0.15, 0.2) is 52.3 Å². The molecule has 1 amide bonds. The standard InChI is InChI=1S/C21H26N2O3S2/c1-3-22-28(25,26)17-13-12-15(2)18(14-17)21(24)23-19-10-6-7-11-20(19)27-16-8-4-5-9-16/h6-7,10-14,16,22H,3-5,8-9H2,1-2H3,(H,23,24). The quantitative estimate of drug-likeness (QED) is 0.690. The van der Waals surface area contributed by atoms with E-state index in [4.69, 9.17) is 0 Å². The van der Waals surface area contributed by atoms with Crippen LogP contribution in [0.4, 0.5) is 5.69 Å². The molecule has 7 heteroatoms. The van der Waals surface area contributed by atoms with E-state index in [-0.39, 0.29) is 10.8 Å². The van der Waals surface area contributed by atoms with E-state index in [1.165, 1.54) is 37.8 Å². The maximum Gasteiger partial charge on any atom is 0.256 e. The van der Waals surface area contributed by atoms with E-state index in [0.29, 0.717) is 17.4 Å². The average molecular weight is 419 g/mol. The van der Waals surface area contributed by atoms with Gasteiger partial charge >= 0.3 is 0 Å². The third-order valence-electron chi connectivity index (χ3n) is 4.83. The normalized spacial score (nSPS) is 14.9. The summed E-state index contributed by atoms with van der Waals surface area (Å²) < 4.78 is 27.0. The van der Waals surface area contributed by atoms with Gasteiger partial charge in [0.15, 0.2) is 0 Å². The van der Waals surface area contributed by atoms with Crippen molar-refractivity contribution in [3.63, 3.8) is 0 Å². The third kappa shape index (κ3) is 4.96. The fraction of sp³-hybridized carbons (Fsp3) is 0.381. The number of nitrogens with one attached hydrogen (secondary N) is 2. The van der Waals surface area contributed by atoms with Gasteiger partial charge in [0, 0.05) is 22.3 Å². The summed E-state index contributed by atoms with van der Waals surface area (Å²) in [6, 6.07) is 12.4.